The standard InChI is InChI=1S/C21H24N2O3/c24-20(15-17-7-3-1-4-8-17)23-13-11-19(12-14-23)22-21(25)26-16-18-9-5-2-6-10-18/h1-10,19H,11-16H2,(H,22,25). The predicted octanol–water partition coefficient (Wildman–Crippen LogP) is 3.15. The highest BCUT2D eigenvalue weighted by Gasteiger charge is 2.24. The van der Waals surface area contributed by atoms with Crippen LogP contribution in [0, 0.1) is 0 Å². The fraction of sp³-hybridized carbons (Fsp3) is 0.333. The maximum absolute atomic E-state index is 12.4. The highest BCUT2D eigenvalue weighted by Crippen LogP contribution is 2.13. The van der Waals surface area contributed by atoms with Crippen LogP contribution in [0.1, 0.15) is 24.0 Å². The van der Waals surface area contributed by atoms with Gasteiger partial charge in [0, 0.05) is 19.1 Å². The molecule has 0 aliphatic carbocycles. The van der Waals surface area contributed by atoms with Gasteiger partial charge in [-0.2, -0.15) is 0 Å². The number of carbonyl (C=O) groups excluding carboxylic acids is 2. The first-order chi connectivity index (χ1) is 12.7. The quantitative estimate of drug-likeness (QED) is 0.899. The normalized spacial score (nSPS) is 14.7. The molecule has 2 aromatic carbocycles. The summed E-state index contributed by atoms with van der Waals surface area (Å²) in [6, 6.07) is 19.4. The number of hydrogen-bond acceptors (Lipinski definition) is 3. The van der Waals surface area contributed by atoms with Gasteiger partial charge in [-0.3, -0.25) is 4.79 Å². The molecule has 136 valence electrons. The van der Waals surface area contributed by atoms with Gasteiger partial charge in [0.05, 0.1) is 6.42 Å². The minimum Gasteiger partial charge on any atom is -0.445 e. The number of benzene rings is 2. The summed E-state index contributed by atoms with van der Waals surface area (Å²) in [5.74, 6) is 0.140. The number of nitrogens with one attached hydrogen (secondary N) is 1. The van der Waals surface area contributed by atoms with Crippen molar-refractivity contribution < 1.29 is 14.3 Å². The Morgan fingerprint density at radius 1 is 0.923 bits per heavy atom. The van der Waals surface area contributed by atoms with E-state index in [-0.39, 0.29) is 18.6 Å². The first-order valence-corrected chi connectivity index (χ1v) is 8.99. The Morgan fingerprint density at radius 3 is 2.12 bits per heavy atom. The fourth-order valence-electron chi connectivity index (χ4n) is 3.09. The number of likely N-dealkylation sites (tertiary alicyclic amines) is 1. The second-order valence-electron chi connectivity index (χ2n) is 6.52. The van der Waals surface area contributed by atoms with Crippen LogP contribution in [0.2, 0.25) is 0 Å². The van der Waals surface area contributed by atoms with Crippen LogP contribution in [0.5, 0.6) is 0 Å². The van der Waals surface area contributed by atoms with Crippen molar-refractivity contribution in [2.24, 2.45) is 0 Å². The Kier molecular flexibility index (Phi) is 6.25. The molecule has 0 bridgehead atoms. The average molecular weight is 352 g/mol. The molecule has 5 nitrogen and oxygen atoms in total. The van der Waals surface area contributed by atoms with E-state index in [1.54, 1.807) is 0 Å². The first-order valence-electron chi connectivity index (χ1n) is 8.99. The maximum Gasteiger partial charge on any atom is 0.407 e. The van der Waals surface area contributed by atoms with Crippen molar-refractivity contribution >= 4 is 12.0 Å². The fourth-order valence-corrected chi connectivity index (χ4v) is 3.09. The third-order valence-corrected chi connectivity index (χ3v) is 4.58. The number of piperidine rings is 1. The van der Waals surface area contributed by atoms with Crippen LogP contribution in [0.3, 0.4) is 0 Å². The number of rotatable bonds is 5. The van der Waals surface area contributed by atoms with Gasteiger partial charge in [0.2, 0.25) is 5.91 Å². The lowest BCUT2D eigenvalue weighted by Crippen LogP contribution is -2.47. The van der Waals surface area contributed by atoms with E-state index in [9.17, 15) is 9.59 Å². The van der Waals surface area contributed by atoms with Gasteiger partial charge >= 0.3 is 6.09 Å². The Bertz CT molecular complexity index is 711. The molecule has 3 rings (SSSR count). The number of amides is 2. The van der Waals surface area contributed by atoms with Crippen LogP contribution in [0.15, 0.2) is 60.7 Å². The summed E-state index contributed by atoms with van der Waals surface area (Å²) in [6.45, 7) is 1.59. The van der Waals surface area contributed by atoms with E-state index >= 15 is 0 Å². The topological polar surface area (TPSA) is 58.6 Å². The summed E-state index contributed by atoms with van der Waals surface area (Å²) in [7, 11) is 0. The average Bonchev–Trinajstić information content (AvgIpc) is 2.68. The minimum atomic E-state index is -0.400. The molecule has 0 unspecified atom stereocenters. The molecule has 0 spiro atoms. The van der Waals surface area contributed by atoms with Crippen LogP contribution >= 0.6 is 0 Å². The highest BCUT2D eigenvalue weighted by molar-refractivity contribution is 5.78. The number of carbonyl (C=O) groups is 2. The molecule has 1 heterocycles. The van der Waals surface area contributed by atoms with Gasteiger partial charge in [0.15, 0.2) is 0 Å². The second kappa shape index (κ2) is 9.04. The molecule has 0 radical (unpaired) electrons. The molecule has 1 aliphatic heterocycles. The van der Waals surface area contributed by atoms with E-state index < -0.39 is 6.09 Å². The van der Waals surface area contributed by atoms with Gasteiger partial charge in [-0.05, 0) is 24.0 Å². The number of nitrogens with zero attached hydrogens (tertiary/aromatic N) is 1. The van der Waals surface area contributed by atoms with Gasteiger partial charge in [0.25, 0.3) is 0 Å². The Labute approximate surface area is 154 Å². The van der Waals surface area contributed by atoms with Crippen LogP contribution < -0.4 is 5.32 Å². The molecule has 2 aromatic rings. The molecule has 0 saturated carbocycles. The zero-order valence-corrected chi connectivity index (χ0v) is 14.8. The van der Waals surface area contributed by atoms with Gasteiger partial charge in [-0.15, -0.1) is 0 Å². The number of hydrogen-bond donors (Lipinski definition) is 1. The molecule has 5 heteroatoms. The molecule has 1 fully saturated rings. The minimum absolute atomic E-state index is 0.0547. The number of ether oxygens (including phenoxy) is 1. The monoisotopic (exact) mass is 352 g/mol. The van der Waals surface area contributed by atoms with Gasteiger partial charge < -0.3 is 15.0 Å². The highest BCUT2D eigenvalue weighted by atomic mass is 16.5. The first kappa shape index (κ1) is 18.0. The summed E-state index contributed by atoms with van der Waals surface area (Å²) >= 11 is 0. The smallest absolute Gasteiger partial charge is 0.407 e. The summed E-state index contributed by atoms with van der Waals surface area (Å²) in [6.07, 6.45) is 1.53. The van der Waals surface area contributed by atoms with E-state index in [1.165, 1.54) is 0 Å². The zero-order valence-electron chi connectivity index (χ0n) is 14.8. The predicted molar refractivity (Wildman–Crippen MR) is 99.5 cm³/mol. The van der Waals surface area contributed by atoms with Crippen LogP contribution in [0.25, 0.3) is 0 Å². The lowest BCUT2D eigenvalue weighted by molar-refractivity contribution is -0.131. The van der Waals surface area contributed by atoms with Crippen molar-refractivity contribution in [1.29, 1.82) is 0 Å². The van der Waals surface area contributed by atoms with Crippen molar-refractivity contribution in [3.05, 3.63) is 71.8 Å². The Morgan fingerprint density at radius 2 is 1.50 bits per heavy atom. The molecule has 1 N–H and O–H groups in total. The van der Waals surface area contributed by atoms with Crippen molar-refractivity contribution in [1.82, 2.24) is 10.2 Å². The van der Waals surface area contributed by atoms with Gasteiger partial charge in [-0.25, -0.2) is 4.79 Å². The molecular formula is C21H24N2O3. The SMILES string of the molecule is O=C(NC1CCN(C(=O)Cc2ccccc2)CC1)OCc1ccccc1. The molecule has 26 heavy (non-hydrogen) atoms. The second-order valence-corrected chi connectivity index (χ2v) is 6.52. The van der Waals surface area contributed by atoms with E-state index in [0.717, 1.165) is 24.0 Å². The maximum atomic E-state index is 12.4. The van der Waals surface area contributed by atoms with Gasteiger partial charge in [-0.1, -0.05) is 60.7 Å². The molecule has 0 atom stereocenters. The van der Waals surface area contributed by atoms with Crippen molar-refractivity contribution in [3.8, 4) is 0 Å². The molecule has 1 aliphatic rings. The lowest BCUT2D eigenvalue weighted by atomic mass is 10.0. The van der Waals surface area contributed by atoms with E-state index in [0.29, 0.717) is 19.5 Å². The molecule has 0 aromatic heterocycles. The van der Waals surface area contributed by atoms with Gasteiger partial charge in [0.1, 0.15) is 6.61 Å². The largest absolute Gasteiger partial charge is 0.445 e. The van der Waals surface area contributed by atoms with Crippen LogP contribution in [-0.2, 0) is 22.6 Å². The molecule has 1 saturated heterocycles. The summed E-state index contributed by atoms with van der Waals surface area (Å²) in [5, 5.41) is 2.90. The van der Waals surface area contributed by atoms with E-state index in [1.807, 2.05) is 65.6 Å². The van der Waals surface area contributed by atoms with Crippen molar-refractivity contribution in [2.75, 3.05) is 13.1 Å². The van der Waals surface area contributed by atoms with Crippen LogP contribution in [-0.4, -0.2) is 36.0 Å². The van der Waals surface area contributed by atoms with E-state index in [4.69, 9.17) is 4.74 Å². The third-order valence-electron chi connectivity index (χ3n) is 4.58. The summed E-state index contributed by atoms with van der Waals surface area (Å²) in [4.78, 5) is 26.2. The summed E-state index contributed by atoms with van der Waals surface area (Å²) in [5.41, 5.74) is 1.99. The van der Waals surface area contributed by atoms with Crippen molar-refractivity contribution in [2.45, 2.75) is 31.9 Å². The number of alkyl carbamates (subject to hydrolysis) is 1. The molecule has 2 amide bonds. The van der Waals surface area contributed by atoms with E-state index in [2.05, 4.69) is 5.32 Å². The molecular weight excluding hydrogens is 328 g/mol. The van der Waals surface area contributed by atoms with Crippen LogP contribution in [0.4, 0.5) is 4.79 Å². The summed E-state index contributed by atoms with van der Waals surface area (Å²) < 4.78 is 5.25. The lowest BCUT2D eigenvalue weighted by Gasteiger charge is -2.32. The third kappa shape index (κ3) is 5.34. The zero-order chi connectivity index (χ0) is 18.2. The van der Waals surface area contributed by atoms with Crippen molar-refractivity contribution in [3.63, 3.8) is 0 Å². The Hall–Kier alpha value is -2.82. The Balaban J connectivity index is 1.38.